The summed E-state index contributed by atoms with van der Waals surface area (Å²) < 4.78 is 6.86. The Bertz CT molecular complexity index is 949. The third-order valence-corrected chi connectivity index (χ3v) is 7.26. The smallest absolute Gasteiger partial charge is 0.268 e. The van der Waals surface area contributed by atoms with Crippen molar-refractivity contribution in [2.45, 2.75) is 59.5 Å². The van der Waals surface area contributed by atoms with Crippen LogP contribution in [-0.2, 0) is 17.6 Å². The minimum absolute atomic E-state index is 0.235. The van der Waals surface area contributed by atoms with Gasteiger partial charge in [0.25, 0.3) is 5.91 Å². The number of ether oxygens (including phenoxy) is 1. The van der Waals surface area contributed by atoms with Gasteiger partial charge in [0, 0.05) is 9.35 Å². The van der Waals surface area contributed by atoms with E-state index in [1.165, 1.54) is 4.88 Å². The van der Waals surface area contributed by atoms with Crippen molar-refractivity contribution in [1.29, 1.82) is 5.26 Å². The van der Waals surface area contributed by atoms with Crippen molar-refractivity contribution in [3.05, 3.63) is 44.7 Å². The van der Waals surface area contributed by atoms with Gasteiger partial charge < -0.3 is 10.1 Å². The average molecular weight is 475 g/mol. The zero-order valence-corrected chi connectivity index (χ0v) is 20.0. The van der Waals surface area contributed by atoms with Gasteiger partial charge in [-0.1, -0.05) is 36.7 Å². The standard InChI is InChI=1S/C23H27BrN2O2S/c1-22(2,3)14-6-11-17-18(13-25)20(29-19(17)12-14)26-21(27)23(4,5)28-16-9-7-15(24)8-10-16/h7-10,14H,6,11-12H2,1-5H3,(H,26,27). The number of halogens is 1. The number of carbonyl (C=O) groups is 1. The first kappa shape index (κ1) is 21.9. The van der Waals surface area contributed by atoms with Crippen molar-refractivity contribution in [3.63, 3.8) is 0 Å². The number of hydrogen-bond donors (Lipinski definition) is 1. The van der Waals surface area contributed by atoms with Gasteiger partial charge in [-0.2, -0.15) is 5.26 Å². The molecule has 3 rings (SSSR count). The van der Waals surface area contributed by atoms with Crippen molar-refractivity contribution in [3.8, 4) is 11.8 Å². The Balaban J connectivity index is 1.79. The van der Waals surface area contributed by atoms with Gasteiger partial charge in [0.05, 0.1) is 5.56 Å². The van der Waals surface area contributed by atoms with Gasteiger partial charge in [-0.15, -0.1) is 11.3 Å². The van der Waals surface area contributed by atoms with E-state index in [1.807, 2.05) is 24.3 Å². The quantitative estimate of drug-likeness (QED) is 0.562. The lowest BCUT2D eigenvalue weighted by molar-refractivity contribution is -0.128. The molecule has 1 N–H and O–H groups in total. The number of rotatable bonds is 4. The summed E-state index contributed by atoms with van der Waals surface area (Å²) in [4.78, 5) is 14.2. The SMILES string of the molecule is CC(C)(Oc1ccc(Br)cc1)C(=O)Nc1sc2c(c1C#N)CCC(C(C)(C)C)C2. The van der Waals surface area contributed by atoms with Crippen molar-refractivity contribution in [2.75, 3.05) is 5.32 Å². The van der Waals surface area contributed by atoms with Gasteiger partial charge in [-0.3, -0.25) is 4.79 Å². The normalized spacial score (nSPS) is 16.7. The maximum Gasteiger partial charge on any atom is 0.268 e. The summed E-state index contributed by atoms with van der Waals surface area (Å²) in [5.41, 5.74) is 0.891. The first-order valence-electron chi connectivity index (χ1n) is 9.82. The van der Waals surface area contributed by atoms with Crippen molar-refractivity contribution in [2.24, 2.45) is 11.3 Å². The van der Waals surface area contributed by atoms with E-state index in [1.54, 1.807) is 25.2 Å². The molecule has 2 aromatic rings. The number of nitriles is 1. The predicted octanol–water partition coefficient (Wildman–Crippen LogP) is 6.33. The maximum absolute atomic E-state index is 13.0. The molecule has 6 heteroatoms. The third kappa shape index (κ3) is 4.84. The van der Waals surface area contributed by atoms with E-state index in [4.69, 9.17) is 4.74 Å². The first-order valence-corrected chi connectivity index (χ1v) is 11.4. The Morgan fingerprint density at radius 1 is 1.24 bits per heavy atom. The lowest BCUT2D eigenvalue weighted by atomic mass is 9.72. The Hall–Kier alpha value is -1.84. The Labute approximate surface area is 185 Å². The zero-order valence-electron chi connectivity index (χ0n) is 17.6. The Morgan fingerprint density at radius 3 is 2.48 bits per heavy atom. The van der Waals surface area contributed by atoms with E-state index in [0.717, 1.165) is 29.3 Å². The van der Waals surface area contributed by atoms with E-state index in [9.17, 15) is 10.1 Å². The molecule has 1 aliphatic rings. The highest BCUT2D eigenvalue weighted by atomic mass is 79.9. The number of hydrogen-bond acceptors (Lipinski definition) is 4. The largest absolute Gasteiger partial charge is 0.478 e. The summed E-state index contributed by atoms with van der Waals surface area (Å²) in [6.07, 6.45) is 2.94. The summed E-state index contributed by atoms with van der Waals surface area (Å²) in [5, 5.41) is 13.3. The van der Waals surface area contributed by atoms with Crippen LogP contribution in [0.1, 0.15) is 57.0 Å². The van der Waals surface area contributed by atoms with Crippen LogP contribution in [0.15, 0.2) is 28.7 Å². The Kier molecular flexibility index (Phi) is 6.12. The van der Waals surface area contributed by atoms with Crippen LogP contribution in [0.4, 0.5) is 5.00 Å². The molecule has 0 fully saturated rings. The Morgan fingerprint density at radius 2 is 1.90 bits per heavy atom. The predicted molar refractivity (Wildman–Crippen MR) is 121 cm³/mol. The number of anilines is 1. The second-order valence-electron chi connectivity index (χ2n) is 9.15. The number of carbonyl (C=O) groups excluding carboxylic acids is 1. The molecule has 1 aromatic heterocycles. The molecule has 0 spiro atoms. The second-order valence-corrected chi connectivity index (χ2v) is 11.2. The number of nitrogens with one attached hydrogen (secondary N) is 1. The fourth-order valence-corrected chi connectivity index (χ4v) is 5.17. The van der Waals surface area contributed by atoms with Crippen LogP contribution in [0.3, 0.4) is 0 Å². The fourth-order valence-electron chi connectivity index (χ4n) is 3.63. The number of fused-ring (bicyclic) bond motifs is 1. The van der Waals surface area contributed by atoms with Gasteiger partial charge in [-0.05, 0) is 74.3 Å². The molecule has 1 amide bonds. The molecule has 0 aliphatic heterocycles. The van der Waals surface area contributed by atoms with Crippen LogP contribution in [-0.4, -0.2) is 11.5 Å². The molecule has 1 heterocycles. The summed E-state index contributed by atoms with van der Waals surface area (Å²) in [5.74, 6) is 0.941. The topological polar surface area (TPSA) is 62.1 Å². The summed E-state index contributed by atoms with van der Waals surface area (Å²) >= 11 is 4.94. The third-order valence-electron chi connectivity index (χ3n) is 5.56. The molecule has 1 unspecified atom stereocenters. The maximum atomic E-state index is 13.0. The van der Waals surface area contributed by atoms with E-state index < -0.39 is 5.60 Å². The van der Waals surface area contributed by atoms with Gasteiger partial charge in [0.1, 0.15) is 16.8 Å². The molecule has 1 atom stereocenters. The van der Waals surface area contributed by atoms with E-state index in [-0.39, 0.29) is 11.3 Å². The summed E-state index contributed by atoms with van der Waals surface area (Å²) in [6, 6.07) is 9.69. The molecule has 0 saturated heterocycles. The van der Waals surface area contributed by atoms with Crippen molar-refractivity contribution < 1.29 is 9.53 Å². The molecule has 1 aliphatic carbocycles. The first-order chi connectivity index (χ1) is 13.5. The second kappa shape index (κ2) is 8.12. The van der Waals surface area contributed by atoms with Gasteiger partial charge in [0.15, 0.2) is 5.60 Å². The molecule has 154 valence electrons. The lowest BCUT2D eigenvalue weighted by Crippen LogP contribution is -2.42. The fraction of sp³-hybridized carbons (Fsp3) is 0.478. The molecular formula is C23H27BrN2O2S. The molecule has 4 nitrogen and oxygen atoms in total. The summed E-state index contributed by atoms with van der Waals surface area (Å²) in [7, 11) is 0. The van der Waals surface area contributed by atoms with Gasteiger partial charge >= 0.3 is 0 Å². The van der Waals surface area contributed by atoms with Crippen molar-refractivity contribution >= 4 is 38.2 Å². The van der Waals surface area contributed by atoms with Crippen LogP contribution in [0.5, 0.6) is 5.75 Å². The van der Waals surface area contributed by atoms with E-state index in [0.29, 0.717) is 22.2 Å². The van der Waals surface area contributed by atoms with Gasteiger partial charge in [0.2, 0.25) is 0 Å². The van der Waals surface area contributed by atoms with Crippen LogP contribution >= 0.6 is 27.3 Å². The average Bonchev–Trinajstić information content (AvgIpc) is 2.98. The van der Waals surface area contributed by atoms with Crippen LogP contribution in [0.25, 0.3) is 0 Å². The number of thiophene rings is 1. The minimum atomic E-state index is -1.07. The number of nitrogens with zero attached hydrogens (tertiary/aromatic N) is 1. The summed E-state index contributed by atoms with van der Waals surface area (Å²) in [6.45, 7) is 10.3. The molecule has 29 heavy (non-hydrogen) atoms. The highest BCUT2D eigenvalue weighted by molar-refractivity contribution is 9.10. The monoisotopic (exact) mass is 474 g/mol. The molecule has 0 bridgehead atoms. The molecule has 1 aromatic carbocycles. The molecular weight excluding hydrogens is 448 g/mol. The number of amides is 1. The minimum Gasteiger partial charge on any atom is -0.478 e. The lowest BCUT2D eigenvalue weighted by Gasteiger charge is -2.33. The van der Waals surface area contributed by atoms with Crippen molar-refractivity contribution in [1.82, 2.24) is 0 Å². The van der Waals surface area contributed by atoms with Crippen LogP contribution < -0.4 is 10.1 Å². The molecule has 0 radical (unpaired) electrons. The van der Waals surface area contributed by atoms with E-state index >= 15 is 0 Å². The highest BCUT2D eigenvalue weighted by Gasteiger charge is 2.35. The van der Waals surface area contributed by atoms with Crippen LogP contribution in [0, 0.1) is 22.7 Å². The zero-order chi connectivity index (χ0) is 21.4. The van der Waals surface area contributed by atoms with Crippen LogP contribution in [0.2, 0.25) is 0 Å². The molecule has 0 saturated carbocycles. The van der Waals surface area contributed by atoms with Gasteiger partial charge in [-0.25, -0.2) is 0 Å². The highest BCUT2D eigenvalue weighted by Crippen LogP contribution is 2.44. The van der Waals surface area contributed by atoms with E-state index in [2.05, 4.69) is 48.1 Å². The number of benzene rings is 1.